The fourth-order valence-electron chi connectivity index (χ4n) is 0.806. The van der Waals surface area contributed by atoms with E-state index in [-0.39, 0.29) is 12.2 Å². The number of aryl methyl sites for hydroxylation is 1. The monoisotopic (exact) mass is 171 g/mol. The van der Waals surface area contributed by atoms with Gasteiger partial charge in [-0.15, -0.1) is 0 Å². The van der Waals surface area contributed by atoms with Crippen LogP contribution in [0.15, 0.2) is 10.6 Å². The summed E-state index contributed by atoms with van der Waals surface area (Å²) in [4.78, 5) is 10.2. The van der Waals surface area contributed by atoms with E-state index < -0.39 is 12.1 Å². The highest BCUT2D eigenvalue weighted by Crippen LogP contribution is 2.16. The zero-order chi connectivity index (χ0) is 9.14. The van der Waals surface area contributed by atoms with Crippen molar-refractivity contribution in [3.8, 4) is 0 Å². The van der Waals surface area contributed by atoms with E-state index in [0.717, 1.165) is 0 Å². The second-order valence-corrected chi connectivity index (χ2v) is 2.48. The molecule has 0 spiro atoms. The van der Waals surface area contributed by atoms with Crippen LogP contribution in [0.4, 0.5) is 0 Å². The second-order valence-electron chi connectivity index (χ2n) is 2.48. The van der Waals surface area contributed by atoms with E-state index in [4.69, 9.17) is 5.11 Å². The molecule has 66 valence electrons. The van der Waals surface area contributed by atoms with Crippen LogP contribution in [0.1, 0.15) is 24.0 Å². The van der Waals surface area contributed by atoms with Crippen LogP contribution in [0.3, 0.4) is 0 Å². The number of carbonyl (C=O) groups is 1. The Morgan fingerprint density at radius 1 is 1.83 bits per heavy atom. The molecule has 0 saturated carbocycles. The lowest BCUT2D eigenvalue weighted by molar-refractivity contribution is -0.139. The predicted molar refractivity (Wildman–Crippen MR) is 38.5 cm³/mol. The van der Waals surface area contributed by atoms with Crippen molar-refractivity contribution in [1.82, 2.24) is 5.16 Å². The number of aliphatic hydroxyl groups excluding tert-OH is 1. The summed E-state index contributed by atoms with van der Waals surface area (Å²) in [5.74, 6) is -0.883. The van der Waals surface area contributed by atoms with Gasteiger partial charge in [0.2, 0.25) is 0 Å². The Balaban J connectivity index is 2.64. The third-order valence-electron chi connectivity index (χ3n) is 1.34. The van der Waals surface area contributed by atoms with E-state index in [0.29, 0.717) is 5.69 Å². The highest BCUT2D eigenvalue weighted by molar-refractivity contribution is 5.67. The van der Waals surface area contributed by atoms with Crippen LogP contribution in [-0.4, -0.2) is 21.3 Å². The molecule has 0 aromatic carbocycles. The third kappa shape index (κ3) is 2.06. The first-order chi connectivity index (χ1) is 5.59. The standard InChI is InChI=1S/C7H9NO4/c1-4-2-6(12-8-4)5(9)3-7(10)11/h2,5,9H,3H2,1H3,(H,10,11)/t5-/m1/s1. The predicted octanol–water partition coefficient (Wildman–Crippen LogP) is 0.491. The first-order valence-electron chi connectivity index (χ1n) is 3.42. The van der Waals surface area contributed by atoms with Crippen molar-refractivity contribution in [2.24, 2.45) is 0 Å². The Morgan fingerprint density at radius 2 is 2.50 bits per heavy atom. The zero-order valence-electron chi connectivity index (χ0n) is 6.52. The molecule has 5 heteroatoms. The molecule has 0 unspecified atom stereocenters. The lowest BCUT2D eigenvalue weighted by Gasteiger charge is -2.00. The molecule has 1 aromatic rings. The van der Waals surface area contributed by atoms with Crippen molar-refractivity contribution in [3.63, 3.8) is 0 Å². The van der Waals surface area contributed by atoms with Crippen LogP contribution in [0.25, 0.3) is 0 Å². The molecule has 2 N–H and O–H groups in total. The van der Waals surface area contributed by atoms with Crippen LogP contribution in [0.2, 0.25) is 0 Å². The average Bonchev–Trinajstić information content (AvgIpc) is 2.34. The Kier molecular flexibility index (Phi) is 2.44. The van der Waals surface area contributed by atoms with E-state index in [9.17, 15) is 9.90 Å². The first kappa shape index (κ1) is 8.73. The number of hydrogen-bond acceptors (Lipinski definition) is 4. The molecule has 0 fully saturated rings. The Hall–Kier alpha value is -1.36. The molecule has 0 saturated heterocycles. The maximum absolute atomic E-state index is 10.2. The number of carboxylic acids is 1. The maximum atomic E-state index is 10.2. The van der Waals surface area contributed by atoms with E-state index in [2.05, 4.69) is 9.68 Å². The third-order valence-corrected chi connectivity index (χ3v) is 1.34. The second kappa shape index (κ2) is 3.36. The molecule has 0 amide bonds. The summed E-state index contributed by atoms with van der Waals surface area (Å²) in [6, 6.07) is 1.51. The quantitative estimate of drug-likeness (QED) is 0.691. The minimum Gasteiger partial charge on any atom is -0.481 e. The van der Waals surface area contributed by atoms with E-state index in [1.165, 1.54) is 6.07 Å². The maximum Gasteiger partial charge on any atom is 0.306 e. The molecule has 5 nitrogen and oxygen atoms in total. The number of aromatic nitrogens is 1. The average molecular weight is 171 g/mol. The molecular formula is C7H9NO4. The van der Waals surface area contributed by atoms with Gasteiger partial charge in [0.25, 0.3) is 0 Å². The number of nitrogens with zero attached hydrogens (tertiary/aromatic N) is 1. The summed E-state index contributed by atoms with van der Waals surface area (Å²) in [6.07, 6.45) is -1.47. The molecule has 12 heavy (non-hydrogen) atoms. The van der Waals surface area contributed by atoms with Gasteiger partial charge >= 0.3 is 5.97 Å². The van der Waals surface area contributed by atoms with Gasteiger partial charge in [-0.05, 0) is 6.92 Å². The molecule has 0 aliphatic rings. The highest BCUT2D eigenvalue weighted by Gasteiger charge is 2.16. The molecule has 0 aliphatic heterocycles. The number of aliphatic hydroxyl groups is 1. The smallest absolute Gasteiger partial charge is 0.306 e. The molecule has 0 bridgehead atoms. The van der Waals surface area contributed by atoms with Crippen molar-refractivity contribution in [2.45, 2.75) is 19.4 Å². The summed E-state index contributed by atoms with van der Waals surface area (Å²) in [6.45, 7) is 1.69. The van der Waals surface area contributed by atoms with Crippen LogP contribution in [-0.2, 0) is 4.79 Å². The van der Waals surface area contributed by atoms with E-state index in [1.807, 2.05) is 0 Å². The molecule has 1 heterocycles. The lowest BCUT2D eigenvalue weighted by Crippen LogP contribution is -2.04. The van der Waals surface area contributed by atoms with Crippen molar-refractivity contribution < 1.29 is 19.5 Å². The Labute approximate surface area is 68.6 Å². The zero-order valence-corrected chi connectivity index (χ0v) is 6.52. The minimum atomic E-state index is -1.11. The van der Waals surface area contributed by atoms with Gasteiger partial charge in [0.05, 0.1) is 12.1 Å². The van der Waals surface area contributed by atoms with Crippen molar-refractivity contribution in [1.29, 1.82) is 0 Å². The number of carboxylic acid groups (broad SMARTS) is 1. The minimum absolute atomic E-state index is 0.190. The van der Waals surface area contributed by atoms with Gasteiger partial charge in [0.15, 0.2) is 5.76 Å². The topological polar surface area (TPSA) is 83.6 Å². The van der Waals surface area contributed by atoms with Gasteiger partial charge in [-0.1, -0.05) is 5.16 Å². The fraction of sp³-hybridized carbons (Fsp3) is 0.429. The van der Waals surface area contributed by atoms with Crippen molar-refractivity contribution in [3.05, 3.63) is 17.5 Å². The van der Waals surface area contributed by atoms with Crippen molar-refractivity contribution >= 4 is 5.97 Å². The lowest BCUT2D eigenvalue weighted by atomic mass is 10.2. The van der Waals surface area contributed by atoms with Crippen LogP contribution in [0, 0.1) is 6.92 Å². The first-order valence-corrected chi connectivity index (χ1v) is 3.42. The fourth-order valence-corrected chi connectivity index (χ4v) is 0.806. The summed E-state index contributed by atoms with van der Waals surface area (Å²) >= 11 is 0. The van der Waals surface area contributed by atoms with Crippen LogP contribution < -0.4 is 0 Å². The van der Waals surface area contributed by atoms with Gasteiger partial charge in [-0.25, -0.2) is 0 Å². The molecule has 1 atom stereocenters. The summed E-state index contributed by atoms with van der Waals surface area (Å²) in [5, 5.41) is 21.0. The Morgan fingerprint density at radius 3 is 2.92 bits per heavy atom. The van der Waals surface area contributed by atoms with Crippen LogP contribution in [0.5, 0.6) is 0 Å². The molecule has 0 aliphatic carbocycles. The SMILES string of the molecule is Cc1cc([C@H](O)CC(=O)O)on1. The van der Waals surface area contributed by atoms with E-state index >= 15 is 0 Å². The Bertz CT molecular complexity index is 281. The molecule has 1 rings (SSSR count). The van der Waals surface area contributed by atoms with E-state index in [1.54, 1.807) is 6.92 Å². The molecule has 0 radical (unpaired) electrons. The number of aliphatic carboxylic acids is 1. The van der Waals surface area contributed by atoms with Gasteiger partial charge < -0.3 is 14.7 Å². The summed E-state index contributed by atoms with van der Waals surface area (Å²) in [7, 11) is 0. The highest BCUT2D eigenvalue weighted by atomic mass is 16.5. The summed E-state index contributed by atoms with van der Waals surface area (Å²) < 4.78 is 4.66. The van der Waals surface area contributed by atoms with Crippen LogP contribution >= 0.6 is 0 Å². The number of hydrogen-bond donors (Lipinski definition) is 2. The van der Waals surface area contributed by atoms with Crippen molar-refractivity contribution in [2.75, 3.05) is 0 Å². The molecule has 1 aromatic heterocycles. The summed E-state index contributed by atoms with van der Waals surface area (Å²) in [5.41, 5.74) is 0.620. The number of rotatable bonds is 3. The van der Waals surface area contributed by atoms with Gasteiger partial charge in [0, 0.05) is 6.07 Å². The normalized spacial score (nSPS) is 12.8. The molecular weight excluding hydrogens is 162 g/mol. The van der Waals surface area contributed by atoms with Gasteiger partial charge in [-0.3, -0.25) is 4.79 Å². The van der Waals surface area contributed by atoms with Gasteiger partial charge in [0.1, 0.15) is 6.10 Å². The van der Waals surface area contributed by atoms with Gasteiger partial charge in [-0.2, -0.15) is 0 Å². The largest absolute Gasteiger partial charge is 0.481 e.